The van der Waals surface area contributed by atoms with Crippen molar-refractivity contribution in [2.45, 2.75) is 26.1 Å². The fourth-order valence-corrected chi connectivity index (χ4v) is 3.88. The molecular formula is C18H22N2O4S. The zero-order valence-electron chi connectivity index (χ0n) is 14.8. The van der Waals surface area contributed by atoms with Gasteiger partial charge in [0.1, 0.15) is 11.5 Å². The van der Waals surface area contributed by atoms with Crippen molar-refractivity contribution < 1.29 is 19.0 Å². The number of hydrogen-bond acceptors (Lipinski definition) is 6. The molecule has 25 heavy (non-hydrogen) atoms. The molecule has 1 aromatic rings. The number of aliphatic imine (C=N–C) groups is 1. The summed E-state index contributed by atoms with van der Waals surface area (Å²) in [5, 5.41) is 0.736. The maximum absolute atomic E-state index is 12.3. The second kappa shape index (κ2) is 7.49. The molecule has 134 valence electrons. The molecule has 0 aliphatic carbocycles. The van der Waals surface area contributed by atoms with Gasteiger partial charge in [0.25, 0.3) is 5.91 Å². The summed E-state index contributed by atoms with van der Waals surface area (Å²) in [6, 6.07) is 5.49. The molecule has 0 N–H and O–H groups in total. The standard InChI is InChI=1S/C18H22N2O4S/c1-11-9-20(10-12(2)24-11)18-19-17(21)16(25-18)8-13-7-14(22-3)5-6-15(13)23-4/h5-8,11-12H,9-10H2,1-4H3/b16-8-/t11-,12-/m1/s1. The van der Waals surface area contributed by atoms with Crippen LogP contribution in [0.25, 0.3) is 6.08 Å². The minimum atomic E-state index is -0.225. The van der Waals surface area contributed by atoms with Crippen molar-refractivity contribution in [2.75, 3.05) is 27.3 Å². The first kappa shape index (κ1) is 17.8. The summed E-state index contributed by atoms with van der Waals surface area (Å²) in [4.78, 5) is 19.3. The SMILES string of the molecule is COc1ccc(OC)c(/C=C2\SC(N3C[C@@H](C)O[C@H](C)C3)=NC2=O)c1. The molecule has 7 heteroatoms. The van der Waals surface area contributed by atoms with Gasteiger partial charge in [0.15, 0.2) is 5.17 Å². The molecule has 1 fully saturated rings. The highest BCUT2D eigenvalue weighted by atomic mass is 32.2. The molecule has 1 aromatic carbocycles. The summed E-state index contributed by atoms with van der Waals surface area (Å²) in [7, 11) is 3.21. The Morgan fingerprint density at radius 3 is 2.60 bits per heavy atom. The molecule has 0 bridgehead atoms. The van der Waals surface area contributed by atoms with Gasteiger partial charge in [-0.25, -0.2) is 0 Å². The third-order valence-electron chi connectivity index (χ3n) is 4.02. The molecule has 1 amide bonds. The van der Waals surface area contributed by atoms with Crippen LogP contribution in [-0.2, 0) is 9.53 Å². The van der Waals surface area contributed by atoms with Crippen LogP contribution in [0.4, 0.5) is 0 Å². The maximum atomic E-state index is 12.3. The number of carbonyl (C=O) groups excluding carboxylic acids is 1. The Morgan fingerprint density at radius 2 is 1.96 bits per heavy atom. The van der Waals surface area contributed by atoms with Crippen LogP contribution in [0.5, 0.6) is 11.5 Å². The summed E-state index contributed by atoms with van der Waals surface area (Å²) in [6.07, 6.45) is 2.04. The Bertz CT molecular complexity index is 722. The van der Waals surface area contributed by atoms with Crippen LogP contribution in [0.2, 0.25) is 0 Å². The van der Waals surface area contributed by atoms with Gasteiger partial charge in [-0.15, -0.1) is 0 Å². The van der Waals surface area contributed by atoms with Gasteiger partial charge < -0.3 is 19.1 Å². The molecule has 0 aromatic heterocycles. The largest absolute Gasteiger partial charge is 0.497 e. The summed E-state index contributed by atoms with van der Waals surface area (Å²) < 4.78 is 16.4. The van der Waals surface area contributed by atoms with Crippen molar-refractivity contribution >= 4 is 28.9 Å². The van der Waals surface area contributed by atoms with E-state index in [0.717, 1.165) is 23.8 Å². The predicted octanol–water partition coefficient (Wildman–Crippen LogP) is 2.78. The fraction of sp³-hybridized carbons (Fsp3) is 0.444. The number of hydrogen-bond donors (Lipinski definition) is 0. The number of nitrogens with zero attached hydrogens (tertiary/aromatic N) is 2. The minimum Gasteiger partial charge on any atom is -0.497 e. The van der Waals surface area contributed by atoms with Gasteiger partial charge in [-0.2, -0.15) is 4.99 Å². The molecule has 0 saturated carbocycles. The van der Waals surface area contributed by atoms with E-state index in [1.54, 1.807) is 20.3 Å². The van der Waals surface area contributed by atoms with Crippen LogP contribution in [0.15, 0.2) is 28.1 Å². The number of thioether (sulfide) groups is 1. The number of ether oxygens (including phenoxy) is 3. The molecule has 2 atom stereocenters. The van der Waals surface area contributed by atoms with Gasteiger partial charge in [-0.3, -0.25) is 4.79 Å². The fourth-order valence-electron chi connectivity index (χ4n) is 2.96. The minimum absolute atomic E-state index is 0.119. The molecule has 2 aliphatic heterocycles. The van der Waals surface area contributed by atoms with E-state index >= 15 is 0 Å². The lowest BCUT2D eigenvalue weighted by atomic mass is 10.1. The monoisotopic (exact) mass is 362 g/mol. The first-order valence-corrected chi connectivity index (χ1v) is 8.96. The lowest BCUT2D eigenvalue weighted by Gasteiger charge is -2.35. The molecule has 0 spiro atoms. The Kier molecular flexibility index (Phi) is 5.34. The van der Waals surface area contributed by atoms with Crippen LogP contribution in [0.3, 0.4) is 0 Å². The van der Waals surface area contributed by atoms with E-state index in [4.69, 9.17) is 14.2 Å². The normalized spacial score (nSPS) is 25.3. The highest BCUT2D eigenvalue weighted by Gasteiger charge is 2.31. The molecule has 0 unspecified atom stereocenters. The summed E-state index contributed by atoms with van der Waals surface area (Å²) in [6.45, 7) is 5.53. The Morgan fingerprint density at radius 1 is 1.24 bits per heavy atom. The number of benzene rings is 1. The van der Waals surface area contributed by atoms with Crippen molar-refractivity contribution in [3.63, 3.8) is 0 Å². The van der Waals surface area contributed by atoms with Crippen molar-refractivity contribution in [2.24, 2.45) is 4.99 Å². The van der Waals surface area contributed by atoms with Gasteiger partial charge >= 0.3 is 0 Å². The van der Waals surface area contributed by atoms with Gasteiger partial charge in [-0.05, 0) is 49.9 Å². The topological polar surface area (TPSA) is 60.4 Å². The van der Waals surface area contributed by atoms with Gasteiger partial charge in [-0.1, -0.05) is 0 Å². The van der Waals surface area contributed by atoms with E-state index < -0.39 is 0 Å². The Hall–Kier alpha value is -1.99. The van der Waals surface area contributed by atoms with E-state index in [1.807, 2.05) is 32.0 Å². The summed E-state index contributed by atoms with van der Waals surface area (Å²) in [5.41, 5.74) is 0.790. The third-order valence-corrected chi connectivity index (χ3v) is 5.07. The third kappa shape index (κ3) is 3.99. The van der Waals surface area contributed by atoms with E-state index in [2.05, 4.69) is 9.89 Å². The molecule has 0 radical (unpaired) electrons. The second-order valence-electron chi connectivity index (χ2n) is 6.08. The van der Waals surface area contributed by atoms with Crippen LogP contribution in [0.1, 0.15) is 19.4 Å². The van der Waals surface area contributed by atoms with Crippen molar-refractivity contribution in [3.05, 3.63) is 28.7 Å². The van der Waals surface area contributed by atoms with Gasteiger partial charge in [0.05, 0.1) is 31.3 Å². The van der Waals surface area contributed by atoms with E-state index in [-0.39, 0.29) is 18.1 Å². The molecular weight excluding hydrogens is 340 g/mol. The van der Waals surface area contributed by atoms with Gasteiger partial charge in [0.2, 0.25) is 0 Å². The zero-order valence-corrected chi connectivity index (χ0v) is 15.6. The highest BCUT2D eigenvalue weighted by molar-refractivity contribution is 8.18. The average molecular weight is 362 g/mol. The Balaban J connectivity index is 1.82. The average Bonchev–Trinajstić information content (AvgIpc) is 2.95. The number of morpholine rings is 1. The zero-order chi connectivity index (χ0) is 18.0. The quantitative estimate of drug-likeness (QED) is 0.771. The molecule has 3 rings (SSSR count). The summed E-state index contributed by atoms with van der Waals surface area (Å²) in [5.74, 6) is 1.17. The number of methoxy groups -OCH3 is 2. The van der Waals surface area contributed by atoms with Crippen LogP contribution in [-0.4, -0.2) is 55.5 Å². The van der Waals surface area contributed by atoms with E-state index in [1.165, 1.54) is 11.8 Å². The molecule has 6 nitrogen and oxygen atoms in total. The van der Waals surface area contributed by atoms with Crippen LogP contribution >= 0.6 is 11.8 Å². The smallest absolute Gasteiger partial charge is 0.286 e. The lowest BCUT2D eigenvalue weighted by molar-refractivity contribution is -0.113. The second-order valence-corrected chi connectivity index (χ2v) is 7.09. The van der Waals surface area contributed by atoms with Crippen molar-refractivity contribution in [1.82, 2.24) is 4.90 Å². The van der Waals surface area contributed by atoms with Crippen LogP contribution in [0, 0.1) is 0 Å². The van der Waals surface area contributed by atoms with Gasteiger partial charge in [0, 0.05) is 18.7 Å². The lowest BCUT2D eigenvalue weighted by Crippen LogP contribution is -2.47. The summed E-state index contributed by atoms with van der Waals surface area (Å²) >= 11 is 1.39. The van der Waals surface area contributed by atoms with E-state index in [9.17, 15) is 4.79 Å². The predicted molar refractivity (Wildman–Crippen MR) is 99.1 cm³/mol. The number of amidine groups is 1. The first-order valence-electron chi connectivity index (χ1n) is 8.15. The number of rotatable bonds is 3. The molecule has 2 heterocycles. The first-order chi connectivity index (χ1) is 12.0. The van der Waals surface area contributed by atoms with Crippen LogP contribution < -0.4 is 9.47 Å². The number of amides is 1. The van der Waals surface area contributed by atoms with Crippen molar-refractivity contribution in [3.8, 4) is 11.5 Å². The highest BCUT2D eigenvalue weighted by Crippen LogP contribution is 2.34. The number of carbonyl (C=O) groups is 1. The van der Waals surface area contributed by atoms with Crippen molar-refractivity contribution in [1.29, 1.82) is 0 Å². The molecule has 1 saturated heterocycles. The molecule has 2 aliphatic rings. The Labute approximate surface area is 151 Å². The maximum Gasteiger partial charge on any atom is 0.286 e. The van der Waals surface area contributed by atoms with E-state index in [0.29, 0.717) is 16.4 Å².